The maximum atomic E-state index is 11.9. The molecule has 2 aromatic rings. The van der Waals surface area contributed by atoms with E-state index in [1.54, 1.807) is 11.8 Å². The quantitative estimate of drug-likeness (QED) is 0.535. The number of nitrogens with one attached hydrogen (secondary N) is 1. The van der Waals surface area contributed by atoms with Crippen LogP contribution in [0, 0.1) is 20.8 Å². The Labute approximate surface area is 156 Å². The summed E-state index contributed by atoms with van der Waals surface area (Å²) in [7, 11) is 0. The van der Waals surface area contributed by atoms with Crippen molar-refractivity contribution >= 4 is 33.6 Å². The zero-order chi connectivity index (χ0) is 17.5. The van der Waals surface area contributed by atoms with Gasteiger partial charge in [-0.1, -0.05) is 33.6 Å². The van der Waals surface area contributed by atoms with Crippen molar-refractivity contribution in [2.75, 3.05) is 18.9 Å². The zero-order valence-corrected chi connectivity index (χ0v) is 16.6. The number of thioether (sulfide) groups is 1. The van der Waals surface area contributed by atoms with Crippen molar-refractivity contribution in [3.63, 3.8) is 0 Å². The van der Waals surface area contributed by atoms with E-state index in [1.807, 2.05) is 31.2 Å². The second kappa shape index (κ2) is 9.14. The van der Waals surface area contributed by atoms with Gasteiger partial charge in [0.2, 0.25) is 5.91 Å². The molecule has 0 bridgehead atoms. The molecule has 0 radical (unpaired) electrons. The number of hydrogen-bond acceptors (Lipinski definition) is 3. The van der Waals surface area contributed by atoms with Crippen LogP contribution in [-0.2, 0) is 4.79 Å². The van der Waals surface area contributed by atoms with E-state index in [1.165, 1.54) is 16.7 Å². The van der Waals surface area contributed by atoms with Crippen LogP contribution in [0.1, 0.15) is 16.7 Å². The van der Waals surface area contributed by atoms with Crippen molar-refractivity contribution in [1.82, 2.24) is 5.32 Å². The second-order valence-electron chi connectivity index (χ2n) is 5.67. The fraction of sp³-hybridized carbons (Fsp3) is 0.316. The van der Waals surface area contributed by atoms with Gasteiger partial charge < -0.3 is 10.1 Å². The van der Waals surface area contributed by atoms with E-state index in [9.17, 15) is 4.79 Å². The Morgan fingerprint density at radius 2 is 1.83 bits per heavy atom. The Kier molecular flexibility index (Phi) is 7.18. The van der Waals surface area contributed by atoms with Crippen LogP contribution in [0.15, 0.2) is 45.8 Å². The van der Waals surface area contributed by atoms with E-state index >= 15 is 0 Å². The third kappa shape index (κ3) is 5.87. The lowest BCUT2D eigenvalue weighted by Gasteiger charge is -2.10. The van der Waals surface area contributed by atoms with Gasteiger partial charge in [-0.25, -0.2) is 0 Å². The molecule has 0 aliphatic rings. The first-order chi connectivity index (χ1) is 11.5. The minimum atomic E-state index is 0.0208. The molecular formula is C19H22BrNO2S. The van der Waals surface area contributed by atoms with Gasteiger partial charge in [-0.15, -0.1) is 11.8 Å². The van der Waals surface area contributed by atoms with Crippen LogP contribution < -0.4 is 10.1 Å². The fourth-order valence-corrected chi connectivity index (χ4v) is 3.49. The Balaban J connectivity index is 1.70. The third-order valence-electron chi connectivity index (χ3n) is 3.53. The summed E-state index contributed by atoms with van der Waals surface area (Å²) >= 11 is 5.08. The van der Waals surface area contributed by atoms with Crippen LogP contribution in [-0.4, -0.2) is 24.8 Å². The standard InChI is InChI=1S/C19H22BrNO2S/c1-13-4-6-16(7-5-13)23-9-8-21-19(22)12-24-18-11-14(2)17(20)10-15(18)3/h4-7,10-11H,8-9,12H2,1-3H3,(H,21,22). The smallest absolute Gasteiger partial charge is 0.230 e. The summed E-state index contributed by atoms with van der Waals surface area (Å²) in [6, 6.07) is 12.1. The highest BCUT2D eigenvalue weighted by Gasteiger charge is 2.07. The molecule has 0 aliphatic carbocycles. The Morgan fingerprint density at radius 3 is 2.54 bits per heavy atom. The largest absolute Gasteiger partial charge is 0.492 e. The molecular weight excluding hydrogens is 386 g/mol. The number of aryl methyl sites for hydroxylation is 3. The molecule has 0 aromatic heterocycles. The highest BCUT2D eigenvalue weighted by molar-refractivity contribution is 9.10. The molecule has 0 aliphatic heterocycles. The molecule has 2 rings (SSSR count). The molecule has 0 unspecified atom stereocenters. The Morgan fingerprint density at radius 1 is 1.12 bits per heavy atom. The van der Waals surface area contributed by atoms with Gasteiger partial charge in [-0.05, 0) is 56.2 Å². The van der Waals surface area contributed by atoms with Gasteiger partial charge in [0.1, 0.15) is 12.4 Å². The van der Waals surface area contributed by atoms with Crippen LogP contribution in [0.25, 0.3) is 0 Å². The Bertz CT molecular complexity index is 701. The molecule has 0 spiro atoms. The molecule has 1 amide bonds. The predicted octanol–water partition coefficient (Wildman–Crippen LogP) is 4.66. The highest BCUT2D eigenvalue weighted by Crippen LogP contribution is 2.28. The number of rotatable bonds is 7. The molecule has 3 nitrogen and oxygen atoms in total. The number of carbonyl (C=O) groups is 1. The number of halogens is 1. The normalized spacial score (nSPS) is 10.5. The highest BCUT2D eigenvalue weighted by atomic mass is 79.9. The first-order valence-corrected chi connectivity index (χ1v) is 9.59. The van der Waals surface area contributed by atoms with Crippen LogP contribution >= 0.6 is 27.7 Å². The van der Waals surface area contributed by atoms with Gasteiger partial charge in [0, 0.05) is 9.37 Å². The molecule has 24 heavy (non-hydrogen) atoms. The first kappa shape index (κ1) is 18.9. The lowest BCUT2D eigenvalue weighted by atomic mass is 10.2. The number of carbonyl (C=O) groups excluding carboxylic acids is 1. The van der Waals surface area contributed by atoms with Crippen LogP contribution in [0.4, 0.5) is 0 Å². The minimum absolute atomic E-state index is 0.0208. The SMILES string of the molecule is Cc1ccc(OCCNC(=O)CSc2cc(C)c(Br)cc2C)cc1. The van der Waals surface area contributed by atoms with Gasteiger partial charge in [0.05, 0.1) is 12.3 Å². The van der Waals surface area contributed by atoms with Crippen molar-refractivity contribution in [1.29, 1.82) is 0 Å². The van der Waals surface area contributed by atoms with Crippen LogP contribution in [0.3, 0.4) is 0 Å². The van der Waals surface area contributed by atoms with E-state index in [0.717, 1.165) is 15.1 Å². The summed E-state index contributed by atoms with van der Waals surface area (Å²) < 4.78 is 6.69. The van der Waals surface area contributed by atoms with Gasteiger partial charge in [-0.3, -0.25) is 4.79 Å². The number of benzene rings is 2. The van der Waals surface area contributed by atoms with Crippen LogP contribution in [0.5, 0.6) is 5.75 Å². The number of ether oxygens (including phenoxy) is 1. The number of hydrogen-bond donors (Lipinski definition) is 1. The van der Waals surface area contributed by atoms with E-state index in [4.69, 9.17) is 4.74 Å². The van der Waals surface area contributed by atoms with Gasteiger partial charge >= 0.3 is 0 Å². The lowest BCUT2D eigenvalue weighted by molar-refractivity contribution is -0.118. The zero-order valence-electron chi connectivity index (χ0n) is 14.2. The molecule has 5 heteroatoms. The molecule has 0 saturated carbocycles. The van der Waals surface area contributed by atoms with Crippen molar-refractivity contribution in [2.45, 2.75) is 25.7 Å². The van der Waals surface area contributed by atoms with Crippen LogP contribution in [0.2, 0.25) is 0 Å². The molecule has 0 fully saturated rings. The summed E-state index contributed by atoms with van der Waals surface area (Å²) in [5.41, 5.74) is 3.55. The van der Waals surface area contributed by atoms with Gasteiger partial charge in [0.15, 0.2) is 0 Å². The maximum Gasteiger partial charge on any atom is 0.230 e. The summed E-state index contributed by atoms with van der Waals surface area (Å²) in [6.07, 6.45) is 0. The van der Waals surface area contributed by atoms with Gasteiger partial charge in [0.25, 0.3) is 0 Å². The summed E-state index contributed by atoms with van der Waals surface area (Å²) in [5.74, 6) is 1.25. The van der Waals surface area contributed by atoms with Crippen molar-refractivity contribution < 1.29 is 9.53 Å². The average molecular weight is 408 g/mol. The fourth-order valence-electron chi connectivity index (χ4n) is 2.10. The predicted molar refractivity (Wildman–Crippen MR) is 104 cm³/mol. The van der Waals surface area contributed by atoms with Gasteiger partial charge in [-0.2, -0.15) is 0 Å². The molecule has 0 heterocycles. The molecule has 0 atom stereocenters. The van der Waals surface area contributed by atoms with Crippen molar-refractivity contribution in [3.8, 4) is 5.75 Å². The monoisotopic (exact) mass is 407 g/mol. The Hall–Kier alpha value is -1.46. The van der Waals surface area contributed by atoms with E-state index in [2.05, 4.69) is 47.2 Å². The number of amides is 1. The first-order valence-electron chi connectivity index (χ1n) is 7.81. The average Bonchev–Trinajstić information content (AvgIpc) is 2.55. The summed E-state index contributed by atoms with van der Waals surface area (Å²) in [4.78, 5) is 13.1. The summed E-state index contributed by atoms with van der Waals surface area (Å²) in [6.45, 7) is 7.12. The summed E-state index contributed by atoms with van der Waals surface area (Å²) in [5, 5.41) is 2.89. The van der Waals surface area contributed by atoms with E-state index in [0.29, 0.717) is 18.9 Å². The topological polar surface area (TPSA) is 38.3 Å². The third-order valence-corrected chi connectivity index (χ3v) is 5.54. The minimum Gasteiger partial charge on any atom is -0.492 e. The van der Waals surface area contributed by atoms with E-state index < -0.39 is 0 Å². The molecule has 2 aromatic carbocycles. The molecule has 1 N–H and O–H groups in total. The van der Waals surface area contributed by atoms with Crippen molar-refractivity contribution in [3.05, 3.63) is 57.6 Å². The molecule has 0 saturated heterocycles. The maximum absolute atomic E-state index is 11.9. The lowest BCUT2D eigenvalue weighted by Crippen LogP contribution is -2.29. The second-order valence-corrected chi connectivity index (χ2v) is 7.54. The molecule has 128 valence electrons. The van der Waals surface area contributed by atoms with Crippen molar-refractivity contribution in [2.24, 2.45) is 0 Å². The van der Waals surface area contributed by atoms with E-state index in [-0.39, 0.29) is 5.91 Å².